The zero-order valence-electron chi connectivity index (χ0n) is 19.0. The van der Waals surface area contributed by atoms with E-state index >= 15 is 0 Å². The number of ether oxygens (including phenoxy) is 2. The number of hydrogen-bond donors (Lipinski definition) is 0. The van der Waals surface area contributed by atoms with Gasteiger partial charge in [-0.1, -0.05) is 12.1 Å². The molecule has 0 spiro atoms. The van der Waals surface area contributed by atoms with Crippen molar-refractivity contribution in [1.82, 2.24) is 14.5 Å². The number of hydrogen-bond acceptors (Lipinski definition) is 8. The van der Waals surface area contributed by atoms with E-state index in [0.29, 0.717) is 17.9 Å². The number of nitrogens with zero attached hydrogens (tertiary/aromatic N) is 4. The average molecular weight is 452 g/mol. The summed E-state index contributed by atoms with van der Waals surface area (Å²) in [6.07, 6.45) is -0.297. The summed E-state index contributed by atoms with van der Waals surface area (Å²) in [5.41, 5.74) is 3.42. The average Bonchev–Trinajstić information content (AvgIpc) is 3.22. The van der Waals surface area contributed by atoms with Crippen LogP contribution in [0, 0.1) is 0 Å². The Bertz CT molecular complexity index is 1170. The molecule has 2 heterocycles. The van der Waals surface area contributed by atoms with E-state index in [-0.39, 0.29) is 17.6 Å². The summed E-state index contributed by atoms with van der Waals surface area (Å²) in [6.45, 7) is 5.33. The molecule has 9 nitrogen and oxygen atoms in total. The molecule has 0 bridgehead atoms. The van der Waals surface area contributed by atoms with Crippen molar-refractivity contribution in [1.29, 1.82) is 0 Å². The predicted molar refractivity (Wildman–Crippen MR) is 121 cm³/mol. The lowest BCUT2D eigenvalue weighted by atomic mass is 10.2. The Morgan fingerprint density at radius 1 is 1.06 bits per heavy atom. The van der Waals surface area contributed by atoms with Crippen molar-refractivity contribution in [3.8, 4) is 5.69 Å². The van der Waals surface area contributed by atoms with Gasteiger partial charge in [-0.3, -0.25) is 14.3 Å². The number of carboxylic acid groups (broad SMARTS) is 1. The summed E-state index contributed by atoms with van der Waals surface area (Å²) in [6, 6.07) is 12.9. The Morgan fingerprint density at radius 3 is 2.45 bits per heavy atom. The van der Waals surface area contributed by atoms with Gasteiger partial charge in [-0.25, -0.2) is 4.98 Å². The molecule has 1 aliphatic rings. The zero-order chi connectivity index (χ0) is 23.5. The fraction of sp³-hybridized carbons (Fsp3) is 0.375. The summed E-state index contributed by atoms with van der Waals surface area (Å²) >= 11 is 0. The van der Waals surface area contributed by atoms with E-state index in [4.69, 9.17) is 9.47 Å². The summed E-state index contributed by atoms with van der Waals surface area (Å²) in [5.74, 6) is -0.775. The van der Waals surface area contributed by atoms with Crippen molar-refractivity contribution in [3.63, 3.8) is 0 Å². The maximum atomic E-state index is 11.6. The fourth-order valence-corrected chi connectivity index (χ4v) is 4.12. The van der Waals surface area contributed by atoms with Crippen molar-refractivity contribution < 1.29 is 24.2 Å². The van der Waals surface area contributed by atoms with Gasteiger partial charge >= 0.3 is 5.97 Å². The number of aromatic carboxylic acids is 1. The van der Waals surface area contributed by atoms with Crippen LogP contribution < -0.4 is 10.0 Å². The number of methoxy groups -OCH3 is 2. The second-order valence-electron chi connectivity index (χ2n) is 8.03. The molecule has 174 valence electrons. The summed E-state index contributed by atoms with van der Waals surface area (Å²) < 4.78 is 12.3. The molecule has 0 radical (unpaired) electrons. The highest BCUT2D eigenvalue weighted by Crippen LogP contribution is 2.29. The lowest BCUT2D eigenvalue weighted by Crippen LogP contribution is -2.48. The van der Waals surface area contributed by atoms with Gasteiger partial charge < -0.3 is 24.3 Å². The van der Waals surface area contributed by atoms with Crippen LogP contribution in [0.3, 0.4) is 0 Å². The van der Waals surface area contributed by atoms with Crippen LogP contribution in [0.25, 0.3) is 16.7 Å². The number of carbonyl (C=O) groups is 2. The molecule has 1 aliphatic heterocycles. The summed E-state index contributed by atoms with van der Waals surface area (Å²) in [5, 5.41) is 11.3. The van der Waals surface area contributed by atoms with Crippen LogP contribution in [0.15, 0.2) is 42.5 Å². The van der Waals surface area contributed by atoms with E-state index in [1.807, 2.05) is 23.6 Å². The second-order valence-corrected chi connectivity index (χ2v) is 8.03. The van der Waals surface area contributed by atoms with Crippen LogP contribution >= 0.6 is 0 Å². The van der Waals surface area contributed by atoms with E-state index < -0.39 is 5.97 Å². The van der Waals surface area contributed by atoms with Gasteiger partial charge in [0.15, 0.2) is 0 Å². The molecular formula is C24H27N4O5-. The van der Waals surface area contributed by atoms with Crippen LogP contribution in [0.2, 0.25) is 0 Å². The summed E-state index contributed by atoms with van der Waals surface area (Å²) in [7, 11) is 3.02. The lowest BCUT2D eigenvalue weighted by molar-refractivity contribution is -0.255. The van der Waals surface area contributed by atoms with Crippen LogP contribution in [0.4, 0.5) is 5.69 Å². The minimum absolute atomic E-state index is 0.0855. The number of carbonyl (C=O) groups excluding carboxylic acids is 2. The SMILES string of the molecule is COC(=O)CN1CCN(c2cccc(-n3c(C(C)OC)nc4cc(C(=O)[O-])ccc43)c2)CC1. The van der Waals surface area contributed by atoms with E-state index in [1.54, 1.807) is 13.2 Å². The highest BCUT2D eigenvalue weighted by atomic mass is 16.5. The van der Waals surface area contributed by atoms with Crippen molar-refractivity contribution in [3.05, 3.63) is 53.9 Å². The molecule has 4 rings (SSSR count). The molecule has 1 saturated heterocycles. The Labute approximate surface area is 192 Å². The molecule has 1 aromatic heterocycles. The van der Waals surface area contributed by atoms with Crippen molar-refractivity contribution in [2.75, 3.05) is 51.8 Å². The van der Waals surface area contributed by atoms with Crippen molar-refractivity contribution in [2.24, 2.45) is 0 Å². The quantitative estimate of drug-likeness (QED) is 0.497. The highest BCUT2D eigenvalue weighted by Gasteiger charge is 2.22. The van der Waals surface area contributed by atoms with Gasteiger partial charge in [-0.2, -0.15) is 0 Å². The molecule has 3 aromatic rings. The normalized spacial score (nSPS) is 15.5. The summed E-state index contributed by atoms with van der Waals surface area (Å²) in [4.78, 5) is 31.9. The number of aromatic nitrogens is 2. The molecule has 0 aliphatic carbocycles. The van der Waals surface area contributed by atoms with Crippen LogP contribution in [-0.2, 0) is 14.3 Å². The predicted octanol–water partition coefficient (Wildman–Crippen LogP) is 1.39. The monoisotopic (exact) mass is 451 g/mol. The van der Waals surface area contributed by atoms with Crippen LogP contribution in [0.1, 0.15) is 29.2 Å². The Morgan fingerprint density at radius 2 is 1.79 bits per heavy atom. The van der Waals surface area contributed by atoms with E-state index in [9.17, 15) is 14.7 Å². The Hall–Kier alpha value is -3.43. The topological polar surface area (TPSA) is 100.0 Å². The number of fused-ring (bicyclic) bond motifs is 1. The van der Waals surface area contributed by atoms with Gasteiger partial charge in [0.05, 0.1) is 30.7 Å². The van der Waals surface area contributed by atoms with E-state index in [1.165, 1.54) is 19.2 Å². The first-order chi connectivity index (χ1) is 15.9. The molecule has 2 aromatic carbocycles. The first-order valence-electron chi connectivity index (χ1n) is 10.8. The van der Waals surface area contributed by atoms with Crippen molar-refractivity contribution >= 4 is 28.7 Å². The zero-order valence-corrected chi connectivity index (χ0v) is 19.0. The third-order valence-corrected chi connectivity index (χ3v) is 6.04. The molecule has 1 unspecified atom stereocenters. The van der Waals surface area contributed by atoms with Gasteiger partial charge in [0.1, 0.15) is 11.9 Å². The minimum atomic E-state index is -1.24. The van der Waals surface area contributed by atoms with Gasteiger partial charge in [-0.05, 0) is 42.8 Å². The van der Waals surface area contributed by atoms with Gasteiger partial charge in [0, 0.05) is 44.7 Å². The molecule has 1 atom stereocenters. The second kappa shape index (κ2) is 9.60. The number of anilines is 1. The number of rotatable bonds is 7. The first kappa shape index (κ1) is 22.8. The van der Waals surface area contributed by atoms with E-state index in [2.05, 4.69) is 26.9 Å². The number of esters is 1. The number of benzene rings is 2. The Kier molecular flexibility index (Phi) is 6.62. The molecule has 1 fully saturated rings. The van der Waals surface area contributed by atoms with Gasteiger partial charge in [0.2, 0.25) is 0 Å². The fourth-order valence-electron chi connectivity index (χ4n) is 4.12. The number of piperazine rings is 1. The van der Waals surface area contributed by atoms with Crippen molar-refractivity contribution in [2.45, 2.75) is 13.0 Å². The molecule has 0 N–H and O–H groups in total. The lowest BCUT2D eigenvalue weighted by Gasteiger charge is -2.35. The van der Waals surface area contributed by atoms with Gasteiger partial charge in [-0.15, -0.1) is 0 Å². The third-order valence-electron chi connectivity index (χ3n) is 6.04. The van der Waals surface area contributed by atoms with E-state index in [0.717, 1.165) is 43.1 Å². The molecule has 0 amide bonds. The maximum Gasteiger partial charge on any atom is 0.319 e. The van der Waals surface area contributed by atoms with Crippen LogP contribution in [0.5, 0.6) is 0 Å². The highest BCUT2D eigenvalue weighted by molar-refractivity contribution is 5.91. The maximum absolute atomic E-state index is 11.6. The minimum Gasteiger partial charge on any atom is -0.545 e. The number of carboxylic acids is 1. The molecule has 9 heteroatoms. The van der Waals surface area contributed by atoms with Crippen LogP contribution in [-0.4, -0.2) is 73.3 Å². The molecular weight excluding hydrogens is 424 g/mol. The first-order valence-corrected chi connectivity index (χ1v) is 10.8. The van der Waals surface area contributed by atoms with Gasteiger partial charge in [0.25, 0.3) is 0 Å². The number of imidazole rings is 1. The smallest absolute Gasteiger partial charge is 0.319 e. The third kappa shape index (κ3) is 4.69. The molecule has 33 heavy (non-hydrogen) atoms. The molecule has 0 saturated carbocycles. The standard InChI is InChI=1S/C24H28N4O5/c1-16(32-2)23-25-20-13-17(24(30)31)7-8-21(20)28(23)19-6-4-5-18(14-19)27-11-9-26(10-12-27)15-22(29)33-3/h4-8,13-14,16H,9-12,15H2,1-3H3,(H,30,31)/p-1. The Balaban J connectivity index is 1.66. The largest absolute Gasteiger partial charge is 0.545 e.